The second kappa shape index (κ2) is 8.44. The van der Waals surface area contributed by atoms with Gasteiger partial charge in [0.05, 0.1) is 26.2 Å². The Hall–Kier alpha value is -2.41. The summed E-state index contributed by atoms with van der Waals surface area (Å²) in [5.74, 6) is -1.89. The van der Waals surface area contributed by atoms with E-state index in [1.165, 1.54) is 14.2 Å². The third-order valence-electron chi connectivity index (χ3n) is 4.03. The molecule has 1 heterocycles. The van der Waals surface area contributed by atoms with Gasteiger partial charge in [-0.1, -0.05) is 30.3 Å². The van der Waals surface area contributed by atoms with Crippen molar-refractivity contribution in [2.75, 3.05) is 27.3 Å². The lowest BCUT2D eigenvalue weighted by Gasteiger charge is -2.17. The maximum absolute atomic E-state index is 12.0. The van der Waals surface area contributed by atoms with E-state index in [2.05, 4.69) is 15.0 Å². The number of likely N-dealkylation sites (tertiary alicyclic amines) is 1. The van der Waals surface area contributed by atoms with Crippen LogP contribution in [0, 0.1) is 5.92 Å². The smallest absolute Gasteiger partial charge is 0.315 e. The fourth-order valence-corrected chi connectivity index (χ4v) is 2.85. The van der Waals surface area contributed by atoms with E-state index >= 15 is 0 Å². The average Bonchev–Trinajstić information content (AvgIpc) is 2.96. The minimum absolute atomic E-state index is 0.362. The summed E-state index contributed by atoms with van der Waals surface area (Å²) in [7, 11) is 2.56. The number of rotatable bonds is 6. The van der Waals surface area contributed by atoms with Gasteiger partial charge >= 0.3 is 11.9 Å². The van der Waals surface area contributed by atoms with Gasteiger partial charge in [0.25, 0.3) is 0 Å². The SMILES string of the molecule is COC(=O)CC(=O)NC1CN(Cc2ccccc2)CC1C(=O)OC. The number of amides is 1. The van der Waals surface area contributed by atoms with E-state index in [0.717, 1.165) is 5.56 Å². The number of methoxy groups -OCH3 is 2. The van der Waals surface area contributed by atoms with E-state index in [-0.39, 0.29) is 12.4 Å². The summed E-state index contributed by atoms with van der Waals surface area (Å²) in [5, 5.41) is 2.74. The average molecular weight is 334 g/mol. The molecule has 2 unspecified atom stereocenters. The first-order valence-corrected chi connectivity index (χ1v) is 7.73. The number of ether oxygens (including phenoxy) is 2. The fourth-order valence-electron chi connectivity index (χ4n) is 2.85. The van der Waals surface area contributed by atoms with Gasteiger partial charge in [0.1, 0.15) is 6.42 Å². The standard InChI is InChI=1S/C17H22N2O5/c1-23-16(21)8-15(20)18-14-11-19(10-13(14)17(22)24-2)9-12-6-4-3-5-7-12/h3-7,13-14H,8-11H2,1-2H3,(H,18,20). The Balaban J connectivity index is 2.00. The quantitative estimate of drug-likeness (QED) is 0.596. The second-order valence-electron chi connectivity index (χ2n) is 5.74. The molecule has 2 atom stereocenters. The highest BCUT2D eigenvalue weighted by Crippen LogP contribution is 2.21. The number of carbonyl (C=O) groups is 3. The molecule has 130 valence electrons. The summed E-state index contributed by atoms with van der Waals surface area (Å²) in [5.41, 5.74) is 1.13. The van der Waals surface area contributed by atoms with Gasteiger partial charge in [0.2, 0.25) is 5.91 Å². The Bertz CT molecular complexity index is 590. The number of esters is 2. The van der Waals surface area contributed by atoms with Gasteiger partial charge in [-0.05, 0) is 5.56 Å². The minimum Gasteiger partial charge on any atom is -0.469 e. The van der Waals surface area contributed by atoms with Crippen LogP contribution in [-0.2, 0) is 30.4 Å². The molecule has 1 aliphatic rings. The van der Waals surface area contributed by atoms with Crippen LogP contribution in [0.2, 0.25) is 0 Å². The lowest BCUT2D eigenvalue weighted by atomic mass is 10.0. The van der Waals surface area contributed by atoms with E-state index in [4.69, 9.17) is 4.74 Å². The fraction of sp³-hybridized carbons (Fsp3) is 0.471. The van der Waals surface area contributed by atoms with Crippen molar-refractivity contribution >= 4 is 17.8 Å². The summed E-state index contributed by atoms with van der Waals surface area (Å²) >= 11 is 0. The first-order valence-electron chi connectivity index (χ1n) is 7.73. The molecule has 1 aliphatic heterocycles. The molecule has 0 bridgehead atoms. The molecular weight excluding hydrogens is 312 g/mol. The van der Waals surface area contributed by atoms with Crippen LogP contribution in [0.1, 0.15) is 12.0 Å². The summed E-state index contributed by atoms with van der Waals surface area (Å²) in [4.78, 5) is 37.2. The van der Waals surface area contributed by atoms with Gasteiger partial charge in [0, 0.05) is 19.6 Å². The molecule has 1 amide bonds. The second-order valence-corrected chi connectivity index (χ2v) is 5.74. The zero-order valence-electron chi connectivity index (χ0n) is 13.9. The van der Waals surface area contributed by atoms with E-state index in [1.54, 1.807) is 0 Å². The zero-order chi connectivity index (χ0) is 17.5. The van der Waals surface area contributed by atoms with Crippen LogP contribution in [0.3, 0.4) is 0 Å². The van der Waals surface area contributed by atoms with Crippen LogP contribution in [0.15, 0.2) is 30.3 Å². The molecule has 0 aromatic heterocycles. The van der Waals surface area contributed by atoms with Crippen molar-refractivity contribution in [2.45, 2.75) is 19.0 Å². The lowest BCUT2D eigenvalue weighted by Crippen LogP contribution is -2.43. The third kappa shape index (κ3) is 4.79. The van der Waals surface area contributed by atoms with Crippen molar-refractivity contribution in [1.82, 2.24) is 10.2 Å². The molecule has 1 aromatic carbocycles. The van der Waals surface area contributed by atoms with Gasteiger partial charge in [-0.15, -0.1) is 0 Å². The minimum atomic E-state index is -0.610. The predicted molar refractivity (Wildman–Crippen MR) is 85.8 cm³/mol. The van der Waals surface area contributed by atoms with Crippen molar-refractivity contribution < 1.29 is 23.9 Å². The zero-order valence-corrected chi connectivity index (χ0v) is 13.9. The Morgan fingerprint density at radius 2 is 1.83 bits per heavy atom. The number of hydrogen-bond acceptors (Lipinski definition) is 6. The van der Waals surface area contributed by atoms with E-state index in [1.807, 2.05) is 30.3 Å². The Kier molecular flexibility index (Phi) is 6.31. The third-order valence-corrected chi connectivity index (χ3v) is 4.03. The molecule has 24 heavy (non-hydrogen) atoms. The molecule has 7 heteroatoms. The van der Waals surface area contributed by atoms with Crippen LogP contribution in [0.5, 0.6) is 0 Å². The van der Waals surface area contributed by atoms with Gasteiger partial charge < -0.3 is 14.8 Å². The molecule has 0 spiro atoms. The van der Waals surface area contributed by atoms with Crippen LogP contribution >= 0.6 is 0 Å². The largest absolute Gasteiger partial charge is 0.469 e. The van der Waals surface area contributed by atoms with Gasteiger partial charge in [-0.25, -0.2) is 0 Å². The molecule has 7 nitrogen and oxygen atoms in total. The van der Waals surface area contributed by atoms with Gasteiger partial charge in [-0.2, -0.15) is 0 Å². The molecule has 1 saturated heterocycles. The predicted octanol–water partition coefficient (Wildman–Crippen LogP) is 0.339. The first-order chi connectivity index (χ1) is 11.5. The number of carbonyl (C=O) groups excluding carboxylic acids is 3. The number of nitrogens with zero attached hydrogens (tertiary/aromatic N) is 1. The maximum atomic E-state index is 12.0. The van der Waals surface area contributed by atoms with Crippen molar-refractivity contribution in [2.24, 2.45) is 5.92 Å². The van der Waals surface area contributed by atoms with E-state index < -0.39 is 23.8 Å². The van der Waals surface area contributed by atoms with E-state index in [9.17, 15) is 14.4 Å². The van der Waals surface area contributed by atoms with Crippen molar-refractivity contribution in [1.29, 1.82) is 0 Å². The number of nitrogens with one attached hydrogen (secondary N) is 1. The Labute approximate surface area is 140 Å². The molecular formula is C17H22N2O5. The van der Waals surface area contributed by atoms with Crippen molar-refractivity contribution in [3.05, 3.63) is 35.9 Å². The Morgan fingerprint density at radius 3 is 2.46 bits per heavy atom. The van der Waals surface area contributed by atoms with Crippen LogP contribution in [0.25, 0.3) is 0 Å². The normalized spacial score (nSPS) is 20.4. The highest BCUT2D eigenvalue weighted by Gasteiger charge is 2.39. The van der Waals surface area contributed by atoms with E-state index in [0.29, 0.717) is 19.6 Å². The molecule has 0 radical (unpaired) electrons. The van der Waals surface area contributed by atoms with Crippen molar-refractivity contribution in [3.8, 4) is 0 Å². The van der Waals surface area contributed by atoms with Gasteiger partial charge in [-0.3, -0.25) is 19.3 Å². The molecule has 0 saturated carbocycles. The Morgan fingerprint density at radius 1 is 1.12 bits per heavy atom. The molecule has 1 N–H and O–H groups in total. The summed E-state index contributed by atoms with van der Waals surface area (Å²) in [6, 6.07) is 9.49. The van der Waals surface area contributed by atoms with Crippen molar-refractivity contribution in [3.63, 3.8) is 0 Å². The molecule has 1 fully saturated rings. The van der Waals surface area contributed by atoms with Crippen LogP contribution in [0.4, 0.5) is 0 Å². The highest BCUT2D eigenvalue weighted by atomic mass is 16.5. The molecule has 0 aliphatic carbocycles. The summed E-state index contributed by atoms with van der Waals surface area (Å²) in [6.45, 7) is 1.68. The van der Waals surface area contributed by atoms with Crippen LogP contribution in [-0.4, -0.2) is 56.1 Å². The molecule has 2 rings (SSSR count). The first kappa shape index (κ1) is 17.9. The summed E-state index contributed by atoms with van der Waals surface area (Å²) in [6.07, 6.45) is -0.362. The van der Waals surface area contributed by atoms with Crippen LogP contribution < -0.4 is 5.32 Å². The summed E-state index contributed by atoms with van der Waals surface area (Å²) < 4.78 is 9.32. The highest BCUT2D eigenvalue weighted by molar-refractivity contribution is 5.94. The van der Waals surface area contributed by atoms with Gasteiger partial charge in [0.15, 0.2) is 0 Å². The number of benzene rings is 1. The topological polar surface area (TPSA) is 84.9 Å². The lowest BCUT2D eigenvalue weighted by molar-refractivity contribution is -0.145. The number of hydrogen-bond donors (Lipinski definition) is 1. The monoisotopic (exact) mass is 334 g/mol. The maximum Gasteiger partial charge on any atom is 0.315 e. The molecule has 1 aromatic rings.